The number of hydrogen-bond acceptors (Lipinski definition) is 3. The molecule has 142 valence electrons. The van der Waals surface area contributed by atoms with Crippen molar-refractivity contribution in [1.82, 2.24) is 5.32 Å². The summed E-state index contributed by atoms with van der Waals surface area (Å²) < 4.78 is 0. The lowest BCUT2D eigenvalue weighted by molar-refractivity contribution is 0.0943. The predicted molar refractivity (Wildman–Crippen MR) is 112 cm³/mol. The van der Waals surface area contributed by atoms with Gasteiger partial charge in [0.25, 0.3) is 5.91 Å². The zero-order valence-corrected chi connectivity index (χ0v) is 16.3. The zero-order valence-electron chi connectivity index (χ0n) is 15.5. The first-order valence-corrected chi connectivity index (χ1v) is 10.4. The number of benzene rings is 2. The van der Waals surface area contributed by atoms with Crippen molar-refractivity contribution < 1.29 is 9.59 Å². The first-order valence-electron chi connectivity index (χ1n) is 9.47. The number of carbonyl (C=O) groups is 2. The third-order valence-corrected chi connectivity index (χ3v) is 6.16. The molecule has 3 N–H and O–H groups in total. The minimum absolute atomic E-state index is 0.223. The highest BCUT2D eigenvalue weighted by molar-refractivity contribution is 7.10. The molecule has 0 bridgehead atoms. The normalized spacial score (nSPS) is 14.1. The van der Waals surface area contributed by atoms with Crippen molar-refractivity contribution in [2.45, 2.75) is 31.7 Å². The number of amides is 2. The van der Waals surface area contributed by atoms with E-state index in [0.717, 1.165) is 23.3 Å². The average Bonchev–Trinajstić information content (AvgIpc) is 3.26. The van der Waals surface area contributed by atoms with Crippen LogP contribution in [0.2, 0.25) is 0 Å². The molecule has 0 radical (unpaired) electrons. The van der Waals surface area contributed by atoms with Crippen molar-refractivity contribution in [2.24, 2.45) is 5.73 Å². The summed E-state index contributed by atoms with van der Waals surface area (Å²) in [5.41, 5.74) is 9.99. The lowest BCUT2D eigenvalue weighted by Crippen LogP contribution is -2.29. The summed E-state index contributed by atoms with van der Waals surface area (Å²) in [5, 5.41) is 5.16. The van der Waals surface area contributed by atoms with Crippen LogP contribution in [0.25, 0.3) is 0 Å². The minimum atomic E-state index is -0.542. The van der Waals surface area contributed by atoms with Crippen molar-refractivity contribution in [2.75, 3.05) is 0 Å². The Kier molecular flexibility index (Phi) is 5.26. The van der Waals surface area contributed by atoms with Gasteiger partial charge in [-0.3, -0.25) is 9.59 Å². The van der Waals surface area contributed by atoms with Gasteiger partial charge in [0.2, 0.25) is 5.91 Å². The first-order chi connectivity index (χ1) is 13.6. The summed E-state index contributed by atoms with van der Waals surface area (Å²) in [4.78, 5) is 25.4. The smallest absolute Gasteiger partial charge is 0.252 e. The summed E-state index contributed by atoms with van der Waals surface area (Å²) in [6, 6.07) is 16.9. The molecule has 3 aromatic rings. The maximum absolute atomic E-state index is 12.9. The number of primary amides is 1. The highest BCUT2D eigenvalue weighted by Crippen LogP contribution is 2.30. The molecule has 0 saturated heterocycles. The topological polar surface area (TPSA) is 72.2 Å². The van der Waals surface area contributed by atoms with Crippen LogP contribution in [-0.2, 0) is 12.8 Å². The van der Waals surface area contributed by atoms with Gasteiger partial charge in [-0.25, -0.2) is 0 Å². The lowest BCUT2D eigenvalue weighted by atomic mass is 9.89. The Morgan fingerprint density at radius 3 is 2.46 bits per heavy atom. The van der Waals surface area contributed by atoms with E-state index in [9.17, 15) is 9.59 Å². The molecule has 1 aromatic heterocycles. The van der Waals surface area contributed by atoms with E-state index >= 15 is 0 Å². The van der Waals surface area contributed by atoms with Gasteiger partial charge in [-0.05, 0) is 72.0 Å². The van der Waals surface area contributed by atoms with Crippen molar-refractivity contribution in [3.8, 4) is 0 Å². The molecule has 0 aliphatic heterocycles. The van der Waals surface area contributed by atoms with E-state index in [-0.39, 0.29) is 11.9 Å². The Morgan fingerprint density at radius 1 is 0.929 bits per heavy atom. The highest BCUT2D eigenvalue weighted by atomic mass is 32.1. The van der Waals surface area contributed by atoms with Crippen molar-refractivity contribution in [3.63, 3.8) is 0 Å². The van der Waals surface area contributed by atoms with Crippen LogP contribution in [0.4, 0.5) is 0 Å². The van der Waals surface area contributed by atoms with Crippen LogP contribution >= 0.6 is 11.3 Å². The molecule has 0 unspecified atom stereocenters. The number of thiophene rings is 1. The molecular formula is C23H22N2O2S. The number of nitrogens with two attached hydrogens (primary N) is 1. The van der Waals surface area contributed by atoms with Gasteiger partial charge in [0.05, 0.1) is 6.04 Å². The van der Waals surface area contributed by atoms with E-state index in [1.807, 2.05) is 17.5 Å². The van der Waals surface area contributed by atoms with E-state index in [2.05, 4.69) is 23.5 Å². The molecule has 1 aliphatic carbocycles. The Balaban J connectivity index is 1.65. The van der Waals surface area contributed by atoms with Crippen molar-refractivity contribution in [3.05, 3.63) is 92.7 Å². The van der Waals surface area contributed by atoms with Crippen LogP contribution < -0.4 is 11.1 Å². The minimum Gasteiger partial charge on any atom is -0.366 e. The fraction of sp³-hybridized carbons (Fsp3) is 0.217. The molecular weight excluding hydrogens is 368 g/mol. The highest BCUT2D eigenvalue weighted by Gasteiger charge is 2.21. The summed E-state index contributed by atoms with van der Waals surface area (Å²) >= 11 is 1.62. The number of aryl methyl sites for hydroxylation is 2. The summed E-state index contributed by atoms with van der Waals surface area (Å²) in [7, 11) is 0. The summed E-state index contributed by atoms with van der Waals surface area (Å²) in [5.74, 6) is -0.765. The number of nitrogens with one attached hydrogen (secondary N) is 1. The van der Waals surface area contributed by atoms with Gasteiger partial charge in [-0.2, -0.15) is 0 Å². The van der Waals surface area contributed by atoms with Crippen LogP contribution in [0.15, 0.2) is 60.0 Å². The third kappa shape index (κ3) is 3.85. The monoisotopic (exact) mass is 390 g/mol. The Labute approximate surface area is 168 Å². The van der Waals surface area contributed by atoms with Crippen LogP contribution in [0.5, 0.6) is 0 Å². The van der Waals surface area contributed by atoms with Crippen LogP contribution in [0.1, 0.15) is 61.2 Å². The fourth-order valence-electron chi connectivity index (χ4n) is 3.74. The molecule has 1 aliphatic rings. The Morgan fingerprint density at radius 2 is 1.71 bits per heavy atom. The van der Waals surface area contributed by atoms with E-state index < -0.39 is 5.91 Å². The SMILES string of the molecule is NC(=O)c1cccc(C(=O)N[C@H](c2ccc3c(c2)CCCC3)c2cccs2)c1. The second-order valence-electron chi connectivity index (χ2n) is 7.10. The van der Waals surface area contributed by atoms with Crippen molar-refractivity contribution in [1.29, 1.82) is 0 Å². The standard InChI is InChI=1S/C23H22N2O2S/c24-22(26)18-7-3-8-19(14-18)23(27)25-21(20-9-4-12-28-20)17-11-10-15-5-1-2-6-16(15)13-17/h3-4,7-14,21H,1-2,5-6H2,(H2,24,26)(H,25,27)/t21-/m1/s1. The van der Waals surface area contributed by atoms with Gasteiger partial charge in [0, 0.05) is 16.0 Å². The predicted octanol–water partition coefficient (Wildman–Crippen LogP) is 4.25. The molecule has 1 atom stereocenters. The molecule has 2 aromatic carbocycles. The molecule has 1 heterocycles. The molecule has 0 spiro atoms. The van der Waals surface area contributed by atoms with E-state index in [4.69, 9.17) is 5.73 Å². The van der Waals surface area contributed by atoms with E-state index in [1.54, 1.807) is 29.5 Å². The quantitative estimate of drug-likeness (QED) is 0.684. The van der Waals surface area contributed by atoms with Crippen LogP contribution in [-0.4, -0.2) is 11.8 Å². The maximum atomic E-state index is 12.9. The van der Waals surface area contributed by atoms with E-state index in [1.165, 1.54) is 30.0 Å². The van der Waals surface area contributed by atoms with Gasteiger partial charge in [-0.1, -0.05) is 30.3 Å². The van der Waals surface area contributed by atoms with Crippen LogP contribution in [0.3, 0.4) is 0 Å². The summed E-state index contributed by atoms with van der Waals surface area (Å²) in [6.45, 7) is 0. The van der Waals surface area contributed by atoms with Gasteiger partial charge in [-0.15, -0.1) is 11.3 Å². The second-order valence-corrected chi connectivity index (χ2v) is 8.08. The number of rotatable bonds is 5. The number of carbonyl (C=O) groups excluding carboxylic acids is 2. The molecule has 2 amide bonds. The van der Waals surface area contributed by atoms with Crippen molar-refractivity contribution >= 4 is 23.2 Å². The van der Waals surface area contributed by atoms with Gasteiger partial charge < -0.3 is 11.1 Å². The first kappa shape index (κ1) is 18.4. The molecule has 4 nitrogen and oxygen atoms in total. The second kappa shape index (κ2) is 7.98. The Hall–Kier alpha value is -2.92. The fourth-order valence-corrected chi connectivity index (χ4v) is 4.54. The average molecular weight is 391 g/mol. The summed E-state index contributed by atoms with van der Waals surface area (Å²) in [6.07, 6.45) is 4.68. The van der Waals surface area contributed by atoms with Gasteiger partial charge >= 0.3 is 0 Å². The van der Waals surface area contributed by atoms with Crippen LogP contribution in [0, 0.1) is 0 Å². The molecule has 4 rings (SSSR count). The molecule has 0 fully saturated rings. The molecule has 5 heteroatoms. The maximum Gasteiger partial charge on any atom is 0.252 e. The van der Waals surface area contributed by atoms with Gasteiger partial charge in [0.15, 0.2) is 0 Å². The van der Waals surface area contributed by atoms with E-state index in [0.29, 0.717) is 11.1 Å². The lowest BCUT2D eigenvalue weighted by Gasteiger charge is -2.22. The Bertz CT molecular complexity index is 1010. The number of fused-ring (bicyclic) bond motifs is 1. The number of hydrogen-bond donors (Lipinski definition) is 2. The zero-order chi connectivity index (χ0) is 19.5. The molecule has 0 saturated carbocycles. The van der Waals surface area contributed by atoms with Gasteiger partial charge in [0.1, 0.15) is 0 Å². The largest absolute Gasteiger partial charge is 0.366 e. The molecule has 28 heavy (non-hydrogen) atoms. The third-order valence-electron chi connectivity index (χ3n) is 5.22.